The van der Waals surface area contributed by atoms with Crippen molar-refractivity contribution in [3.05, 3.63) is 41.6 Å². The molecule has 0 unspecified atom stereocenters. The monoisotopic (exact) mass is 256 g/mol. The van der Waals surface area contributed by atoms with Crippen LogP contribution in [0.1, 0.15) is 37.9 Å². The average molecular weight is 256 g/mol. The molecule has 3 N–H and O–H groups in total. The zero-order chi connectivity index (χ0) is 13.8. The van der Waals surface area contributed by atoms with E-state index in [0.29, 0.717) is 5.92 Å². The van der Waals surface area contributed by atoms with E-state index in [4.69, 9.17) is 5.73 Å². The van der Waals surface area contributed by atoms with E-state index in [9.17, 15) is 0 Å². The third kappa shape index (κ3) is 2.90. The summed E-state index contributed by atoms with van der Waals surface area (Å²) in [6.07, 6.45) is 4.47. The lowest BCUT2D eigenvalue weighted by atomic mass is 9.92. The van der Waals surface area contributed by atoms with Gasteiger partial charge in [0.05, 0.1) is 0 Å². The molecule has 0 fully saturated rings. The van der Waals surface area contributed by atoms with Gasteiger partial charge in [0.15, 0.2) is 0 Å². The van der Waals surface area contributed by atoms with Crippen LogP contribution < -0.4 is 5.73 Å². The SMILES string of the molecule is Cc1[nH]c2ccccc2c1/C(=C/CCCN)C(C)C. The minimum atomic E-state index is 0.524. The van der Waals surface area contributed by atoms with E-state index in [1.54, 1.807) is 0 Å². The summed E-state index contributed by atoms with van der Waals surface area (Å²) in [5.74, 6) is 0.524. The summed E-state index contributed by atoms with van der Waals surface area (Å²) in [7, 11) is 0. The van der Waals surface area contributed by atoms with Crippen molar-refractivity contribution in [2.24, 2.45) is 11.7 Å². The first-order chi connectivity index (χ1) is 9.15. The quantitative estimate of drug-likeness (QED) is 0.771. The predicted octanol–water partition coefficient (Wildman–Crippen LogP) is 4.25. The fourth-order valence-electron chi connectivity index (χ4n) is 2.65. The molecule has 0 spiro atoms. The molecule has 0 atom stereocenters. The van der Waals surface area contributed by atoms with Crippen molar-refractivity contribution in [1.82, 2.24) is 4.98 Å². The van der Waals surface area contributed by atoms with Gasteiger partial charge in [-0.2, -0.15) is 0 Å². The molecule has 0 radical (unpaired) electrons. The molecule has 0 aliphatic heterocycles. The lowest BCUT2D eigenvalue weighted by Crippen LogP contribution is -1.99. The van der Waals surface area contributed by atoms with Crippen LogP contribution in [0.5, 0.6) is 0 Å². The van der Waals surface area contributed by atoms with Gasteiger partial charge in [-0.1, -0.05) is 38.1 Å². The van der Waals surface area contributed by atoms with E-state index in [1.807, 2.05) is 0 Å². The number of nitrogens with one attached hydrogen (secondary N) is 1. The van der Waals surface area contributed by atoms with Crippen molar-refractivity contribution >= 4 is 16.5 Å². The molecule has 0 saturated carbocycles. The van der Waals surface area contributed by atoms with Crippen LogP contribution in [0.15, 0.2) is 30.3 Å². The normalized spacial score (nSPS) is 12.6. The Morgan fingerprint density at radius 3 is 2.74 bits per heavy atom. The van der Waals surface area contributed by atoms with Crippen molar-refractivity contribution in [2.75, 3.05) is 6.54 Å². The second-order valence-corrected chi connectivity index (χ2v) is 5.42. The molecule has 2 nitrogen and oxygen atoms in total. The van der Waals surface area contributed by atoms with Gasteiger partial charge in [-0.05, 0) is 43.9 Å². The highest BCUT2D eigenvalue weighted by atomic mass is 14.7. The average Bonchev–Trinajstić information content (AvgIpc) is 2.71. The van der Waals surface area contributed by atoms with Gasteiger partial charge in [0.2, 0.25) is 0 Å². The first-order valence-electron chi connectivity index (χ1n) is 7.13. The summed E-state index contributed by atoms with van der Waals surface area (Å²) in [5, 5.41) is 1.33. The molecule has 1 aromatic carbocycles. The highest BCUT2D eigenvalue weighted by Crippen LogP contribution is 2.33. The van der Waals surface area contributed by atoms with E-state index in [1.165, 1.54) is 27.7 Å². The zero-order valence-corrected chi connectivity index (χ0v) is 12.2. The van der Waals surface area contributed by atoms with Gasteiger partial charge >= 0.3 is 0 Å². The second-order valence-electron chi connectivity index (χ2n) is 5.42. The first-order valence-corrected chi connectivity index (χ1v) is 7.13. The van der Waals surface area contributed by atoms with Crippen LogP contribution in [0.25, 0.3) is 16.5 Å². The van der Waals surface area contributed by atoms with E-state index in [0.717, 1.165) is 19.4 Å². The standard InChI is InChI=1S/C17H24N2/c1-12(2)14(8-6-7-11-18)17-13(3)19-16-10-5-4-9-15(16)17/h4-5,8-10,12,19H,6-7,11,18H2,1-3H3/b14-8+. The molecule has 1 heterocycles. The Bertz CT molecular complexity index is 576. The van der Waals surface area contributed by atoms with E-state index < -0.39 is 0 Å². The van der Waals surface area contributed by atoms with Crippen molar-refractivity contribution in [3.8, 4) is 0 Å². The van der Waals surface area contributed by atoms with Crippen LogP contribution >= 0.6 is 0 Å². The number of fused-ring (bicyclic) bond motifs is 1. The Morgan fingerprint density at radius 2 is 2.05 bits per heavy atom. The van der Waals surface area contributed by atoms with Gasteiger partial charge < -0.3 is 10.7 Å². The van der Waals surface area contributed by atoms with Gasteiger partial charge in [-0.25, -0.2) is 0 Å². The summed E-state index contributed by atoms with van der Waals surface area (Å²) in [5.41, 5.74) is 10.9. The fourth-order valence-corrected chi connectivity index (χ4v) is 2.65. The van der Waals surface area contributed by atoms with Crippen LogP contribution in [0.4, 0.5) is 0 Å². The number of hydrogen-bond acceptors (Lipinski definition) is 1. The van der Waals surface area contributed by atoms with Gasteiger partial charge in [0.1, 0.15) is 0 Å². The minimum absolute atomic E-state index is 0.524. The van der Waals surface area contributed by atoms with Crippen LogP contribution in [-0.2, 0) is 0 Å². The zero-order valence-electron chi connectivity index (χ0n) is 12.2. The summed E-state index contributed by atoms with van der Waals surface area (Å²) in [6.45, 7) is 7.44. The van der Waals surface area contributed by atoms with Crippen LogP contribution in [0.3, 0.4) is 0 Å². The van der Waals surface area contributed by atoms with Crippen LogP contribution in [0, 0.1) is 12.8 Å². The number of rotatable bonds is 5. The smallest absolute Gasteiger partial charge is 0.0462 e. The molecule has 1 aromatic heterocycles. The van der Waals surface area contributed by atoms with Crippen molar-refractivity contribution in [2.45, 2.75) is 33.6 Å². The molecule has 19 heavy (non-hydrogen) atoms. The molecule has 0 aliphatic carbocycles. The van der Waals surface area contributed by atoms with Crippen LogP contribution in [-0.4, -0.2) is 11.5 Å². The minimum Gasteiger partial charge on any atom is -0.358 e. The number of para-hydroxylation sites is 1. The number of aryl methyl sites for hydroxylation is 1. The number of allylic oxidation sites excluding steroid dienone is 2. The topological polar surface area (TPSA) is 41.8 Å². The number of nitrogens with two attached hydrogens (primary N) is 1. The summed E-state index contributed by atoms with van der Waals surface area (Å²) in [6, 6.07) is 8.53. The third-order valence-electron chi connectivity index (χ3n) is 3.58. The number of hydrogen-bond donors (Lipinski definition) is 2. The summed E-state index contributed by atoms with van der Waals surface area (Å²) < 4.78 is 0. The molecular formula is C17H24N2. The highest BCUT2D eigenvalue weighted by Gasteiger charge is 2.14. The Labute approximate surface area is 115 Å². The Hall–Kier alpha value is -1.54. The number of H-pyrrole nitrogens is 1. The molecule has 0 bridgehead atoms. The fraction of sp³-hybridized carbons (Fsp3) is 0.412. The first kappa shape index (κ1) is 13.9. The maximum absolute atomic E-state index is 5.59. The number of unbranched alkanes of at least 4 members (excludes halogenated alkanes) is 1. The van der Waals surface area contributed by atoms with Crippen LogP contribution in [0.2, 0.25) is 0 Å². The largest absolute Gasteiger partial charge is 0.358 e. The molecule has 0 aliphatic rings. The van der Waals surface area contributed by atoms with Gasteiger partial charge in [-0.3, -0.25) is 0 Å². The van der Waals surface area contributed by atoms with Gasteiger partial charge in [0, 0.05) is 22.2 Å². The highest BCUT2D eigenvalue weighted by molar-refractivity contribution is 5.94. The lowest BCUT2D eigenvalue weighted by molar-refractivity contribution is 0.824. The summed E-state index contributed by atoms with van der Waals surface area (Å²) in [4.78, 5) is 3.49. The van der Waals surface area contributed by atoms with Gasteiger partial charge in [-0.15, -0.1) is 0 Å². The van der Waals surface area contributed by atoms with Crippen molar-refractivity contribution in [1.29, 1.82) is 0 Å². The number of aromatic nitrogens is 1. The predicted molar refractivity (Wildman–Crippen MR) is 84.1 cm³/mol. The van der Waals surface area contributed by atoms with E-state index in [2.05, 4.69) is 56.1 Å². The molecule has 2 rings (SSSR count). The second kappa shape index (κ2) is 6.07. The van der Waals surface area contributed by atoms with E-state index in [-0.39, 0.29) is 0 Å². The Kier molecular flexibility index (Phi) is 4.43. The molecular weight excluding hydrogens is 232 g/mol. The van der Waals surface area contributed by atoms with Crippen molar-refractivity contribution in [3.63, 3.8) is 0 Å². The maximum Gasteiger partial charge on any atom is 0.0462 e. The molecule has 2 heteroatoms. The van der Waals surface area contributed by atoms with Crippen molar-refractivity contribution < 1.29 is 0 Å². The lowest BCUT2D eigenvalue weighted by Gasteiger charge is -2.12. The molecule has 2 aromatic rings. The van der Waals surface area contributed by atoms with E-state index >= 15 is 0 Å². The molecule has 0 saturated heterocycles. The Morgan fingerprint density at radius 1 is 1.32 bits per heavy atom. The van der Waals surface area contributed by atoms with Gasteiger partial charge in [0.25, 0.3) is 0 Å². The third-order valence-corrected chi connectivity index (χ3v) is 3.58. The number of aromatic amines is 1. The maximum atomic E-state index is 5.59. The molecule has 0 amide bonds. The molecule has 102 valence electrons. The number of benzene rings is 1. The summed E-state index contributed by atoms with van der Waals surface area (Å²) >= 11 is 0. The Balaban J connectivity index is 2.50.